The average molecular weight is 490 g/mol. The van der Waals surface area contributed by atoms with Crippen LogP contribution in [0.2, 0.25) is 0 Å². The number of pyridine rings is 1. The molecule has 3 aliphatic rings. The fourth-order valence-electron chi connectivity index (χ4n) is 6.68. The van der Waals surface area contributed by atoms with Gasteiger partial charge < -0.3 is 9.42 Å². The van der Waals surface area contributed by atoms with Gasteiger partial charge in [0, 0.05) is 46.9 Å². The Kier molecular flexibility index (Phi) is 5.28. The molecule has 2 aliphatic carbocycles. The maximum atomic E-state index is 5.94. The van der Waals surface area contributed by atoms with Gasteiger partial charge in [0.25, 0.3) is 0 Å². The summed E-state index contributed by atoms with van der Waals surface area (Å²) in [6.07, 6.45) is 9.83. The van der Waals surface area contributed by atoms with E-state index in [4.69, 9.17) is 9.51 Å². The van der Waals surface area contributed by atoms with Crippen molar-refractivity contribution in [3.8, 4) is 11.3 Å². The van der Waals surface area contributed by atoms with Crippen LogP contribution in [0.25, 0.3) is 28.2 Å². The number of anilines is 1. The van der Waals surface area contributed by atoms with Gasteiger partial charge in [0.2, 0.25) is 0 Å². The lowest BCUT2D eigenvalue weighted by Gasteiger charge is -2.50. The Hall–Kier alpha value is -3.40. The number of hydrogen-bond donors (Lipinski definition) is 0. The monoisotopic (exact) mass is 489 g/mol. The van der Waals surface area contributed by atoms with Crippen LogP contribution in [-0.2, 0) is 0 Å². The Labute approximate surface area is 219 Å². The van der Waals surface area contributed by atoms with E-state index in [0.717, 1.165) is 35.8 Å². The lowest BCUT2D eigenvalue weighted by atomic mass is 9.60. The molecule has 0 unspecified atom stereocenters. The van der Waals surface area contributed by atoms with Gasteiger partial charge in [-0.05, 0) is 106 Å². The summed E-state index contributed by atoms with van der Waals surface area (Å²) in [5, 5.41) is 5.85. The van der Waals surface area contributed by atoms with Crippen LogP contribution in [0, 0.1) is 26.2 Å². The van der Waals surface area contributed by atoms with Crippen molar-refractivity contribution in [1.82, 2.24) is 10.1 Å². The molecule has 3 fully saturated rings. The van der Waals surface area contributed by atoms with Crippen LogP contribution in [0.5, 0.6) is 0 Å². The van der Waals surface area contributed by atoms with E-state index in [1.165, 1.54) is 71.9 Å². The van der Waals surface area contributed by atoms with E-state index in [-0.39, 0.29) is 0 Å². The molecule has 0 radical (unpaired) electrons. The van der Waals surface area contributed by atoms with Crippen molar-refractivity contribution in [2.24, 2.45) is 5.41 Å². The largest absolute Gasteiger partial charge is 0.371 e. The fraction of sp³-hybridized carbons (Fsp3) is 0.394. The van der Waals surface area contributed by atoms with Gasteiger partial charge in [-0.3, -0.25) is 4.98 Å². The Morgan fingerprint density at radius 2 is 1.73 bits per heavy atom. The molecule has 2 saturated carbocycles. The van der Waals surface area contributed by atoms with Gasteiger partial charge in [-0.2, -0.15) is 0 Å². The van der Waals surface area contributed by atoms with Gasteiger partial charge in [0.05, 0.1) is 5.52 Å². The highest BCUT2D eigenvalue weighted by Gasteiger charge is 2.43. The highest BCUT2D eigenvalue weighted by molar-refractivity contribution is 5.86. The summed E-state index contributed by atoms with van der Waals surface area (Å²) in [7, 11) is 0. The zero-order chi connectivity index (χ0) is 25.1. The van der Waals surface area contributed by atoms with Crippen LogP contribution in [0.1, 0.15) is 72.6 Å². The Bertz CT molecular complexity index is 1520. The molecular weight excluding hydrogens is 454 g/mol. The van der Waals surface area contributed by atoms with Gasteiger partial charge in [-0.25, -0.2) is 0 Å². The summed E-state index contributed by atoms with van der Waals surface area (Å²) in [6.45, 7) is 8.70. The van der Waals surface area contributed by atoms with E-state index in [9.17, 15) is 0 Å². The van der Waals surface area contributed by atoms with Gasteiger partial charge in [0.15, 0.2) is 0 Å². The molecule has 0 amide bonds. The maximum Gasteiger partial charge on any atom is 0.147 e. The molecular formula is C33H35N3O. The van der Waals surface area contributed by atoms with Crippen LogP contribution in [0.3, 0.4) is 0 Å². The van der Waals surface area contributed by atoms with Crippen molar-refractivity contribution in [1.29, 1.82) is 0 Å². The highest BCUT2D eigenvalue weighted by Crippen LogP contribution is 2.54. The first-order chi connectivity index (χ1) is 18.0. The average Bonchev–Trinajstić information content (AvgIpc) is 3.64. The highest BCUT2D eigenvalue weighted by atomic mass is 16.5. The zero-order valence-corrected chi connectivity index (χ0v) is 22.2. The Balaban J connectivity index is 1.08. The van der Waals surface area contributed by atoms with Crippen molar-refractivity contribution in [3.05, 3.63) is 82.2 Å². The number of allylic oxidation sites excluding steroid dienone is 1. The van der Waals surface area contributed by atoms with Gasteiger partial charge in [0.1, 0.15) is 11.5 Å². The van der Waals surface area contributed by atoms with Crippen LogP contribution in [0.15, 0.2) is 58.6 Å². The van der Waals surface area contributed by atoms with Crippen LogP contribution in [0.4, 0.5) is 5.69 Å². The van der Waals surface area contributed by atoms with E-state index in [1.807, 2.05) is 0 Å². The minimum atomic E-state index is 0.466. The summed E-state index contributed by atoms with van der Waals surface area (Å²) in [4.78, 5) is 7.30. The van der Waals surface area contributed by atoms with Crippen LogP contribution < -0.4 is 4.90 Å². The van der Waals surface area contributed by atoms with Crippen LogP contribution in [-0.4, -0.2) is 23.2 Å². The minimum absolute atomic E-state index is 0.466. The number of nitrogens with zero attached hydrogens (tertiary/aromatic N) is 3. The van der Waals surface area contributed by atoms with E-state index in [2.05, 4.69) is 85.4 Å². The first kappa shape index (κ1) is 22.8. The molecule has 1 aliphatic heterocycles. The van der Waals surface area contributed by atoms with E-state index < -0.39 is 0 Å². The molecule has 3 heterocycles. The minimum Gasteiger partial charge on any atom is -0.371 e. The van der Waals surface area contributed by atoms with Gasteiger partial charge >= 0.3 is 0 Å². The number of benzene rings is 2. The van der Waals surface area contributed by atoms with Gasteiger partial charge in [-0.15, -0.1) is 0 Å². The summed E-state index contributed by atoms with van der Waals surface area (Å²) < 4.78 is 5.94. The second-order valence-electron chi connectivity index (χ2n) is 11.8. The first-order valence-corrected chi connectivity index (χ1v) is 13.9. The quantitative estimate of drug-likeness (QED) is 0.290. The van der Waals surface area contributed by atoms with Crippen molar-refractivity contribution < 1.29 is 4.52 Å². The summed E-state index contributed by atoms with van der Waals surface area (Å²) >= 11 is 0. The standard InChI is InChI=1S/C33H35N3O/c1-21-6-4-5-7-27(21)31-29(32(37-35-31)25-8-9-25)17-24-19-33(20-24)12-14-36(15-13-33)26-10-11-30-28(18-26)22(2)16-23(3)34-30/h4-7,10-11,16-18,25H,8-9,12-15,19-20H2,1-3H3. The number of rotatable bonds is 4. The van der Waals surface area contributed by atoms with Gasteiger partial charge in [-0.1, -0.05) is 35.0 Å². The predicted molar refractivity (Wildman–Crippen MR) is 151 cm³/mol. The van der Waals surface area contributed by atoms with Crippen LogP contribution >= 0.6 is 0 Å². The maximum absolute atomic E-state index is 5.94. The number of piperidine rings is 1. The second-order valence-corrected chi connectivity index (χ2v) is 11.8. The molecule has 4 heteroatoms. The molecule has 0 atom stereocenters. The number of aromatic nitrogens is 2. The molecule has 37 heavy (non-hydrogen) atoms. The number of fused-ring (bicyclic) bond motifs is 1. The SMILES string of the molecule is Cc1cc(C)c2cc(N3CCC4(CC3)CC(=Cc3c(-c5ccccc5C)noc3C3CC3)C4)ccc2n1. The predicted octanol–water partition coefficient (Wildman–Crippen LogP) is 8.16. The second kappa shape index (κ2) is 8.58. The lowest BCUT2D eigenvalue weighted by molar-refractivity contribution is 0.155. The molecule has 1 spiro atoms. The number of hydrogen-bond acceptors (Lipinski definition) is 4. The van der Waals surface area contributed by atoms with E-state index >= 15 is 0 Å². The summed E-state index contributed by atoms with van der Waals surface area (Å²) in [5.74, 6) is 1.66. The van der Waals surface area contributed by atoms with Crippen molar-refractivity contribution in [3.63, 3.8) is 0 Å². The third-order valence-corrected chi connectivity index (χ3v) is 8.97. The Morgan fingerprint density at radius 3 is 2.49 bits per heavy atom. The first-order valence-electron chi connectivity index (χ1n) is 13.9. The molecule has 1 saturated heterocycles. The van der Waals surface area contributed by atoms with Crippen molar-refractivity contribution in [2.45, 2.75) is 65.2 Å². The normalized spacial score (nSPS) is 18.9. The molecule has 7 rings (SSSR count). The van der Waals surface area contributed by atoms with E-state index in [1.54, 1.807) is 5.57 Å². The van der Waals surface area contributed by atoms with Crippen molar-refractivity contribution in [2.75, 3.05) is 18.0 Å². The third-order valence-electron chi connectivity index (χ3n) is 8.97. The molecule has 188 valence electrons. The fourth-order valence-corrected chi connectivity index (χ4v) is 6.68. The van der Waals surface area contributed by atoms with E-state index in [0.29, 0.717) is 11.3 Å². The molecule has 4 aromatic rings. The summed E-state index contributed by atoms with van der Waals surface area (Å²) in [6, 6.07) is 17.5. The molecule has 2 aromatic carbocycles. The third kappa shape index (κ3) is 4.07. The zero-order valence-electron chi connectivity index (χ0n) is 22.2. The lowest BCUT2D eigenvalue weighted by Crippen LogP contribution is -2.44. The topological polar surface area (TPSA) is 42.2 Å². The Morgan fingerprint density at radius 1 is 0.946 bits per heavy atom. The smallest absolute Gasteiger partial charge is 0.147 e. The number of aryl methyl sites for hydroxylation is 3. The molecule has 0 N–H and O–H groups in total. The molecule has 4 nitrogen and oxygen atoms in total. The van der Waals surface area contributed by atoms with Crippen molar-refractivity contribution >= 4 is 22.7 Å². The molecule has 0 bridgehead atoms. The molecule has 2 aromatic heterocycles. The summed E-state index contributed by atoms with van der Waals surface area (Å²) in [5.41, 5.74) is 11.6.